The summed E-state index contributed by atoms with van der Waals surface area (Å²) in [5.41, 5.74) is 0. The van der Waals surface area contributed by atoms with Crippen LogP contribution in [-0.4, -0.2) is 96.7 Å². The first-order valence-corrected chi connectivity index (χ1v) is 43.0. The van der Waals surface area contributed by atoms with E-state index >= 15 is 0 Å². The summed E-state index contributed by atoms with van der Waals surface area (Å²) in [6.45, 7) is 9.57. The molecule has 570 valence electrons. The number of ether oxygens (including phenoxy) is 4. The predicted octanol–water partition coefficient (Wildman–Crippen LogP) is 22.7. The molecule has 0 amide bonds. The first kappa shape index (κ1) is 94.1. The molecular formula is C77H150O17P2. The molecule has 0 saturated carbocycles. The molecule has 0 aromatic rings. The van der Waals surface area contributed by atoms with Crippen molar-refractivity contribution in [3.05, 3.63) is 0 Å². The van der Waals surface area contributed by atoms with Crippen molar-refractivity contribution in [2.24, 2.45) is 11.8 Å². The summed E-state index contributed by atoms with van der Waals surface area (Å²) in [4.78, 5) is 72.8. The Balaban J connectivity index is 5.19. The molecule has 0 heterocycles. The van der Waals surface area contributed by atoms with Crippen LogP contribution < -0.4 is 0 Å². The van der Waals surface area contributed by atoms with Crippen LogP contribution >= 0.6 is 15.6 Å². The molecule has 0 rings (SSSR count). The van der Waals surface area contributed by atoms with Gasteiger partial charge in [-0.3, -0.25) is 37.3 Å². The Morgan fingerprint density at radius 1 is 0.281 bits per heavy atom. The molecule has 0 aliphatic heterocycles. The van der Waals surface area contributed by atoms with Crippen LogP contribution in [0.1, 0.15) is 401 Å². The van der Waals surface area contributed by atoms with Crippen LogP contribution in [-0.2, 0) is 65.4 Å². The summed E-state index contributed by atoms with van der Waals surface area (Å²) < 4.78 is 68.5. The van der Waals surface area contributed by atoms with Gasteiger partial charge in [-0.25, -0.2) is 9.13 Å². The van der Waals surface area contributed by atoms with Gasteiger partial charge in [-0.05, 0) is 37.5 Å². The smallest absolute Gasteiger partial charge is 0.462 e. The van der Waals surface area contributed by atoms with E-state index in [1.54, 1.807) is 0 Å². The lowest BCUT2D eigenvalue weighted by Crippen LogP contribution is -2.30. The van der Waals surface area contributed by atoms with Crippen LogP contribution in [0, 0.1) is 11.8 Å². The highest BCUT2D eigenvalue weighted by Crippen LogP contribution is 2.45. The van der Waals surface area contributed by atoms with Crippen LogP contribution in [0.15, 0.2) is 0 Å². The molecule has 3 N–H and O–H groups in total. The van der Waals surface area contributed by atoms with Crippen molar-refractivity contribution in [1.29, 1.82) is 0 Å². The molecular weight excluding hydrogens is 1260 g/mol. The molecule has 0 aliphatic carbocycles. The Labute approximate surface area is 588 Å². The minimum atomic E-state index is -4.96. The second-order valence-corrected chi connectivity index (χ2v) is 31.6. The van der Waals surface area contributed by atoms with Gasteiger partial charge in [-0.1, -0.05) is 350 Å². The number of rotatable bonds is 76. The molecule has 0 fully saturated rings. The fourth-order valence-corrected chi connectivity index (χ4v) is 13.4. The zero-order valence-electron chi connectivity index (χ0n) is 62.7. The van der Waals surface area contributed by atoms with Gasteiger partial charge in [0.15, 0.2) is 12.2 Å². The Morgan fingerprint density at radius 2 is 0.479 bits per heavy atom. The first-order valence-electron chi connectivity index (χ1n) is 40.0. The maximum Gasteiger partial charge on any atom is 0.472 e. The van der Waals surface area contributed by atoms with Crippen molar-refractivity contribution in [2.45, 2.75) is 419 Å². The monoisotopic (exact) mass is 1410 g/mol. The lowest BCUT2D eigenvalue weighted by Gasteiger charge is -2.21. The Kier molecular flexibility index (Phi) is 67.4. The van der Waals surface area contributed by atoms with E-state index in [1.807, 2.05) is 0 Å². The van der Waals surface area contributed by atoms with E-state index < -0.39 is 97.5 Å². The van der Waals surface area contributed by atoms with E-state index in [0.29, 0.717) is 25.7 Å². The molecule has 96 heavy (non-hydrogen) atoms. The number of aliphatic hydroxyl groups excluding tert-OH is 1. The van der Waals surface area contributed by atoms with E-state index in [4.69, 9.17) is 37.0 Å². The predicted molar refractivity (Wildman–Crippen MR) is 391 cm³/mol. The first-order chi connectivity index (χ1) is 46.4. The number of hydrogen-bond donors (Lipinski definition) is 3. The number of aliphatic hydroxyl groups is 1. The zero-order chi connectivity index (χ0) is 70.7. The highest BCUT2D eigenvalue weighted by molar-refractivity contribution is 7.47. The van der Waals surface area contributed by atoms with Gasteiger partial charge in [-0.15, -0.1) is 0 Å². The molecule has 0 radical (unpaired) electrons. The van der Waals surface area contributed by atoms with Crippen LogP contribution in [0.4, 0.5) is 0 Å². The van der Waals surface area contributed by atoms with Crippen LogP contribution in [0.25, 0.3) is 0 Å². The Hall–Kier alpha value is -1.94. The van der Waals surface area contributed by atoms with E-state index in [0.717, 1.165) is 102 Å². The number of unbranched alkanes of at least 4 members (excludes halogenated alkanes) is 46. The van der Waals surface area contributed by atoms with Crippen molar-refractivity contribution >= 4 is 39.5 Å². The fraction of sp³-hybridized carbons (Fsp3) is 0.948. The summed E-state index contributed by atoms with van der Waals surface area (Å²) in [5.74, 6) is -0.606. The second kappa shape index (κ2) is 68.8. The van der Waals surface area contributed by atoms with Crippen LogP contribution in [0.5, 0.6) is 0 Å². The lowest BCUT2D eigenvalue weighted by molar-refractivity contribution is -0.161. The maximum absolute atomic E-state index is 13.1. The molecule has 2 unspecified atom stereocenters. The Bertz CT molecular complexity index is 1860. The number of carbonyl (C=O) groups is 4. The molecule has 19 heteroatoms. The SMILES string of the molecule is CCCCCCCCCCCCCCCCCCCCCCCC(=O)O[C@H](COC(=O)CCCCCCCCCCCCC(C)C)COP(=O)(O)OC[C@@H](O)COP(=O)(O)OC[C@@H](COC(=O)CCCCCCCCCCC)OC(=O)CCCCCCCCCCCCC(C)C. The number of esters is 4. The van der Waals surface area contributed by atoms with Gasteiger partial charge in [0.05, 0.1) is 26.4 Å². The molecule has 0 spiro atoms. The van der Waals surface area contributed by atoms with Crippen LogP contribution in [0.2, 0.25) is 0 Å². The molecule has 0 aliphatic rings. The van der Waals surface area contributed by atoms with Crippen molar-refractivity contribution in [1.82, 2.24) is 0 Å². The standard InChI is InChI=1S/C77H150O17P2/c1-7-9-11-13-15-17-18-19-20-21-22-23-24-25-26-27-28-37-43-49-55-61-76(81)93-73(66-88-75(80)60-54-48-42-36-31-29-34-39-45-51-57-69(3)4)68-92-96(85,86)90-64-71(78)63-89-95(83,84)91-67-72(65-87-74(79)59-53-47-41-33-16-14-12-10-8-2)94-77(82)62-56-50-44-38-32-30-35-40-46-52-58-70(5)6/h69-73,78H,7-68H2,1-6H3,(H,83,84)(H,85,86)/t71-,72+,73+/m0/s1. The summed E-state index contributed by atoms with van der Waals surface area (Å²) >= 11 is 0. The summed E-state index contributed by atoms with van der Waals surface area (Å²) in [6, 6.07) is 0. The number of phosphoric ester groups is 2. The number of hydrogen-bond acceptors (Lipinski definition) is 15. The minimum absolute atomic E-state index is 0.106. The summed E-state index contributed by atoms with van der Waals surface area (Å²) in [5, 5.41) is 10.6. The van der Waals surface area contributed by atoms with E-state index in [2.05, 4.69) is 41.5 Å². The van der Waals surface area contributed by atoms with Gasteiger partial charge in [-0.2, -0.15) is 0 Å². The number of carbonyl (C=O) groups excluding carboxylic acids is 4. The normalized spacial score (nSPS) is 14.0. The van der Waals surface area contributed by atoms with Crippen molar-refractivity contribution < 1.29 is 80.2 Å². The topological polar surface area (TPSA) is 237 Å². The highest BCUT2D eigenvalue weighted by Gasteiger charge is 2.30. The number of phosphoric acid groups is 2. The van der Waals surface area contributed by atoms with Gasteiger partial charge in [0.2, 0.25) is 0 Å². The van der Waals surface area contributed by atoms with E-state index in [9.17, 15) is 43.2 Å². The Morgan fingerprint density at radius 3 is 0.708 bits per heavy atom. The average Bonchev–Trinajstić information content (AvgIpc) is 1.53. The molecule has 17 nitrogen and oxygen atoms in total. The third-order valence-corrected chi connectivity index (χ3v) is 19.9. The maximum atomic E-state index is 13.1. The largest absolute Gasteiger partial charge is 0.472 e. The minimum Gasteiger partial charge on any atom is -0.462 e. The highest BCUT2D eigenvalue weighted by atomic mass is 31.2. The van der Waals surface area contributed by atoms with Gasteiger partial charge in [0.1, 0.15) is 19.3 Å². The zero-order valence-corrected chi connectivity index (χ0v) is 64.5. The van der Waals surface area contributed by atoms with Crippen molar-refractivity contribution in [3.8, 4) is 0 Å². The fourth-order valence-electron chi connectivity index (χ4n) is 11.8. The average molecular weight is 1410 g/mol. The van der Waals surface area contributed by atoms with Crippen LogP contribution in [0.3, 0.4) is 0 Å². The quantitative estimate of drug-likeness (QED) is 0.0222. The third-order valence-electron chi connectivity index (χ3n) is 18.0. The molecule has 5 atom stereocenters. The molecule has 0 bridgehead atoms. The van der Waals surface area contributed by atoms with Crippen molar-refractivity contribution in [2.75, 3.05) is 39.6 Å². The van der Waals surface area contributed by atoms with E-state index in [-0.39, 0.29) is 25.7 Å². The molecule has 0 aromatic carbocycles. The van der Waals surface area contributed by atoms with Gasteiger partial charge >= 0.3 is 39.5 Å². The van der Waals surface area contributed by atoms with Gasteiger partial charge in [0, 0.05) is 25.7 Å². The van der Waals surface area contributed by atoms with Crippen molar-refractivity contribution in [3.63, 3.8) is 0 Å². The van der Waals surface area contributed by atoms with Gasteiger partial charge < -0.3 is 33.8 Å². The summed E-state index contributed by atoms with van der Waals surface area (Å²) in [6.07, 6.45) is 57.0. The molecule has 0 saturated heterocycles. The molecule has 0 aromatic heterocycles. The lowest BCUT2D eigenvalue weighted by atomic mass is 10.0. The van der Waals surface area contributed by atoms with Gasteiger partial charge in [0.25, 0.3) is 0 Å². The second-order valence-electron chi connectivity index (χ2n) is 28.7. The third kappa shape index (κ3) is 70.5. The van der Waals surface area contributed by atoms with E-state index in [1.165, 1.54) is 218 Å². The summed E-state index contributed by atoms with van der Waals surface area (Å²) in [7, 11) is -9.91.